The van der Waals surface area contributed by atoms with Crippen LogP contribution < -0.4 is 9.47 Å². The lowest BCUT2D eigenvalue weighted by molar-refractivity contribution is 0.291. The number of benzene rings is 1. The highest BCUT2D eigenvalue weighted by atomic mass is 127. The molecule has 2 rings (SSSR count). The van der Waals surface area contributed by atoms with E-state index < -0.39 is 0 Å². The average molecular weight is 355 g/mol. The molecule has 1 heterocycles. The summed E-state index contributed by atoms with van der Waals surface area (Å²) in [6, 6.07) is 9.79. The molecule has 0 N–H and O–H groups in total. The summed E-state index contributed by atoms with van der Waals surface area (Å²) in [4.78, 5) is 4.24. The van der Waals surface area contributed by atoms with Crippen LogP contribution in [0.1, 0.15) is 11.1 Å². The summed E-state index contributed by atoms with van der Waals surface area (Å²) < 4.78 is 12.0. The van der Waals surface area contributed by atoms with Crippen molar-refractivity contribution < 1.29 is 9.47 Å². The highest BCUT2D eigenvalue weighted by Crippen LogP contribution is 2.21. The Bertz CT molecular complexity index is 526. The smallest absolute Gasteiger partial charge is 0.217 e. The van der Waals surface area contributed by atoms with Crippen molar-refractivity contribution in [2.24, 2.45) is 0 Å². The SMILES string of the molecule is COc1ccc(COc2nccc(I)c2C)cc1. The zero-order valence-electron chi connectivity index (χ0n) is 10.3. The molecular weight excluding hydrogens is 341 g/mol. The first kappa shape index (κ1) is 13.1. The third-order valence-corrected chi connectivity index (χ3v) is 3.79. The quantitative estimate of drug-likeness (QED) is 0.786. The standard InChI is InChI=1S/C14H14INO2/c1-10-13(15)7-8-16-14(10)18-9-11-3-5-12(17-2)6-4-11/h3-8H,9H2,1-2H3. The number of methoxy groups -OCH3 is 1. The third-order valence-electron chi connectivity index (χ3n) is 2.63. The summed E-state index contributed by atoms with van der Waals surface area (Å²) in [6.45, 7) is 2.52. The van der Waals surface area contributed by atoms with Gasteiger partial charge in [-0.15, -0.1) is 0 Å². The van der Waals surface area contributed by atoms with Crippen LogP contribution in [0.3, 0.4) is 0 Å². The van der Waals surface area contributed by atoms with Gasteiger partial charge in [-0.25, -0.2) is 4.98 Å². The van der Waals surface area contributed by atoms with E-state index in [1.165, 1.54) is 0 Å². The topological polar surface area (TPSA) is 31.4 Å². The molecule has 1 aromatic carbocycles. The fourth-order valence-corrected chi connectivity index (χ4v) is 1.90. The van der Waals surface area contributed by atoms with Crippen LogP contribution in [-0.2, 0) is 6.61 Å². The molecule has 18 heavy (non-hydrogen) atoms. The lowest BCUT2D eigenvalue weighted by atomic mass is 10.2. The summed E-state index contributed by atoms with van der Waals surface area (Å²) in [7, 11) is 1.66. The van der Waals surface area contributed by atoms with Crippen LogP contribution in [0, 0.1) is 10.5 Å². The zero-order chi connectivity index (χ0) is 13.0. The van der Waals surface area contributed by atoms with E-state index in [2.05, 4.69) is 27.6 Å². The van der Waals surface area contributed by atoms with Crippen LogP contribution in [0.2, 0.25) is 0 Å². The highest BCUT2D eigenvalue weighted by Gasteiger charge is 2.04. The summed E-state index contributed by atoms with van der Waals surface area (Å²) in [5.41, 5.74) is 2.17. The first-order valence-electron chi connectivity index (χ1n) is 5.57. The summed E-state index contributed by atoms with van der Waals surface area (Å²) in [5.74, 6) is 1.54. The van der Waals surface area contributed by atoms with Gasteiger partial charge in [0.05, 0.1) is 7.11 Å². The largest absolute Gasteiger partial charge is 0.497 e. The molecule has 0 bridgehead atoms. The third kappa shape index (κ3) is 3.13. The highest BCUT2D eigenvalue weighted by molar-refractivity contribution is 14.1. The number of hydrogen-bond acceptors (Lipinski definition) is 3. The maximum Gasteiger partial charge on any atom is 0.217 e. The van der Waals surface area contributed by atoms with E-state index >= 15 is 0 Å². The minimum atomic E-state index is 0.512. The van der Waals surface area contributed by atoms with Gasteiger partial charge in [0, 0.05) is 15.3 Å². The molecule has 2 aromatic rings. The van der Waals surface area contributed by atoms with E-state index in [9.17, 15) is 0 Å². The first-order valence-corrected chi connectivity index (χ1v) is 6.65. The second kappa shape index (κ2) is 6.04. The normalized spacial score (nSPS) is 10.2. The predicted molar refractivity (Wildman–Crippen MR) is 79.0 cm³/mol. The number of nitrogens with zero attached hydrogens (tertiary/aromatic N) is 1. The van der Waals surface area contributed by atoms with Crippen LogP contribution in [0.15, 0.2) is 36.5 Å². The molecule has 0 saturated carbocycles. The van der Waals surface area contributed by atoms with E-state index in [-0.39, 0.29) is 0 Å². The number of halogens is 1. The van der Waals surface area contributed by atoms with Gasteiger partial charge < -0.3 is 9.47 Å². The molecule has 0 fully saturated rings. The van der Waals surface area contributed by atoms with Gasteiger partial charge in [-0.3, -0.25) is 0 Å². The molecule has 1 aromatic heterocycles. The Labute approximate surface area is 120 Å². The van der Waals surface area contributed by atoms with Crippen LogP contribution in [0.25, 0.3) is 0 Å². The number of aromatic nitrogens is 1. The van der Waals surface area contributed by atoms with E-state index in [0.717, 1.165) is 20.4 Å². The van der Waals surface area contributed by atoms with Gasteiger partial charge in [0.1, 0.15) is 12.4 Å². The maximum atomic E-state index is 5.72. The Kier molecular flexibility index (Phi) is 4.41. The van der Waals surface area contributed by atoms with Crippen LogP contribution in [0.5, 0.6) is 11.6 Å². The molecule has 94 valence electrons. The van der Waals surface area contributed by atoms with Gasteiger partial charge in [0.2, 0.25) is 5.88 Å². The van der Waals surface area contributed by atoms with E-state index in [1.54, 1.807) is 13.3 Å². The van der Waals surface area contributed by atoms with E-state index in [0.29, 0.717) is 12.5 Å². The van der Waals surface area contributed by atoms with Gasteiger partial charge in [0.15, 0.2) is 0 Å². The van der Waals surface area contributed by atoms with Crippen molar-refractivity contribution in [1.82, 2.24) is 4.98 Å². The average Bonchev–Trinajstić information content (AvgIpc) is 2.41. The van der Waals surface area contributed by atoms with Crippen molar-refractivity contribution in [2.75, 3.05) is 7.11 Å². The first-order chi connectivity index (χ1) is 8.70. The molecule has 0 aliphatic rings. The molecule has 3 nitrogen and oxygen atoms in total. The summed E-state index contributed by atoms with van der Waals surface area (Å²) in [5, 5.41) is 0. The Hall–Kier alpha value is -1.30. The lowest BCUT2D eigenvalue weighted by Crippen LogP contribution is -2.00. The second-order valence-corrected chi connectivity index (χ2v) is 5.02. The van der Waals surface area contributed by atoms with Crippen molar-refractivity contribution in [3.8, 4) is 11.6 Å². The zero-order valence-corrected chi connectivity index (χ0v) is 12.5. The second-order valence-electron chi connectivity index (χ2n) is 3.86. The molecular formula is C14H14INO2. The fourth-order valence-electron chi connectivity index (χ4n) is 1.51. The molecule has 0 atom stereocenters. The maximum absolute atomic E-state index is 5.72. The number of pyridine rings is 1. The van der Waals surface area contributed by atoms with Gasteiger partial charge in [-0.2, -0.15) is 0 Å². The Balaban J connectivity index is 2.04. The molecule has 0 unspecified atom stereocenters. The van der Waals surface area contributed by atoms with E-state index in [4.69, 9.17) is 9.47 Å². The molecule has 0 radical (unpaired) electrons. The molecule has 0 aliphatic heterocycles. The van der Waals surface area contributed by atoms with Crippen molar-refractivity contribution >= 4 is 22.6 Å². The van der Waals surface area contributed by atoms with E-state index in [1.807, 2.05) is 37.3 Å². The molecule has 4 heteroatoms. The molecule has 0 saturated heterocycles. The Morgan fingerprint density at radius 3 is 2.56 bits per heavy atom. The minimum Gasteiger partial charge on any atom is -0.497 e. The van der Waals surface area contributed by atoms with Gasteiger partial charge in [-0.05, 0) is 53.3 Å². The van der Waals surface area contributed by atoms with Crippen molar-refractivity contribution in [1.29, 1.82) is 0 Å². The predicted octanol–water partition coefficient (Wildman–Crippen LogP) is 3.58. The van der Waals surface area contributed by atoms with Gasteiger partial charge in [0.25, 0.3) is 0 Å². The summed E-state index contributed by atoms with van der Waals surface area (Å²) in [6.07, 6.45) is 1.76. The number of rotatable bonds is 4. The monoisotopic (exact) mass is 355 g/mol. The minimum absolute atomic E-state index is 0.512. The van der Waals surface area contributed by atoms with Crippen LogP contribution in [-0.4, -0.2) is 12.1 Å². The van der Waals surface area contributed by atoms with Crippen LogP contribution in [0.4, 0.5) is 0 Å². The Morgan fingerprint density at radius 1 is 1.17 bits per heavy atom. The Morgan fingerprint density at radius 2 is 1.89 bits per heavy atom. The fraction of sp³-hybridized carbons (Fsp3) is 0.214. The van der Waals surface area contributed by atoms with Gasteiger partial charge in [-0.1, -0.05) is 12.1 Å². The lowest BCUT2D eigenvalue weighted by Gasteiger charge is -2.09. The van der Waals surface area contributed by atoms with Gasteiger partial charge >= 0.3 is 0 Å². The van der Waals surface area contributed by atoms with Crippen molar-refractivity contribution in [3.05, 3.63) is 51.2 Å². The molecule has 0 aliphatic carbocycles. The molecule has 0 spiro atoms. The summed E-state index contributed by atoms with van der Waals surface area (Å²) >= 11 is 2.28. The molecule has 0 amide bonds. The van der Waals surface area contributed by atoms with Crippen molar-refractivity contribution in [3.63, 3.8) is 0 Å². The number of ether oxygens (including phenoxy) is 2. The van der Waals surface area contributed by atoms with Crippen LogP contribution >= 0.6 is 22.6 Å². The number of hydrogen-bond donors (Lipinski definition) is 0. The van der Waals surface area contributed by atoms with Crippen molar-refractivity contribution in [2.45, 2.75) is 13.5 Å².